The van der Waals surface area contributed by atoms with Crippen molar-refractivity contribution in [3.05, 3.63) is 109 Å². The number of ketones is 1. The van der Waals surface area contributed by atoms with Gasteiger partial charge in [-0.25, -0.2) is 14.4 Å². The number of benzene rings is 4. The number of likely N-dealkylation sites (tertiary alicyclic amines) is 1. The monoisotopic (exact) mass is 767 g/mol. The van der Waals surface area contributed by atoms with Crippen molar-refractivity contribution in [2.45, 2.75) is 12.5 Å². The summed E-state index contributed by atoms with van der Waals surface area (Å²) in [5.74, 6) is -3.60. The van der Waals surface area contributed by atoms with E-state index in [0.29, 0.717) is 22.4 Å². The van der Waals surface area contributed by atoms with Gasteiger partial charge in [0.1, 0.15) is 37.9 Å². The summed E-state index contributed by atoms with van der Waals surface area (Å²) < 4.78 is 37.5. The normalized spacial score (nSPS) is 15.1. The van der Waals surface area contributed by atoms with Crippen molar-refractivity contribution < 1.29 is 61.9 Å². The predicted molar refractivity (Wildman–Crippen MR) is 202 cm³/mol. The van der Waals surface area contributed by atoms with Crippen molar-refractivity contribution >= 4 is 57.1 Å². The molecule has 1 saturated heterocycles. The van der Waals surface area contributed by atoms with E-state index in [2.05, 4.69) is 13.2 Å². The van der Waals surface area contributed by atoms with E-state index < -0.39 is 47.5 Å². The zero-order valence-electron chi connectivity index (χ0n) is 30.8. The lowest BCUT2D eigenvalue weighted by Gasteiger charge is -2.16. The van der Waals surface area contributed by atoms with Crippen LogP contribution in [-0.2, 0) is 42.9 Å². The number of hydrogen-bond donors (Lipinski definition) is 0. The first-order valence-corrected chi connectivity index (χ1v) is 17.7. The Morgan fingerprint density at radius 1 is 0.607 bits per heavy atom. The van der Waals surface area contributed by atoms with Crippen LogP contribution in [0.3, 0.4) is 0 Å². The minimum Gasteiger partial charge on any atom is -0.491 e. The third kappa shape index (κ3) is 10.9. The van der Waals surface area contributed by atoms with Crippen molar-refractivity contribution in [2.75, 3.05) is 59.9 Å². The highest BCUT2D eigenvalue weighted by molar-refractivity contribution is 6.10. The zero-order chi connectivity index (χ0) is 40.0. The quantitative estimate of drug-likeness (QED) is 0.0287. The van der Waals surface area contributed by atoms with Gasteiger partial charge in [-0.15, -0.1) is 0 Å². The summed E-state index contributed by atoms with van der Waals surface area (Å²) in [6.45, 7) is 8.39. The standard InChI is InChI=1S/C42H41NO13/c1-4-37(45)54-20-16-50-14-18-52-33-12-10-27-22-31(8-6-29(27)24-33)36(44)26-35-39(41(48)43(3)40(35)47)56-42(49)32-9-7-30-25-34(13-11-28(30)23-32)53-19-15-51-17-21-55-38(46)5-2/h4-13,22-25,35,39H,1-2,14-21,26H2,3H3/t35-,39-/m1/s1. The van der Waals surface area contributed by atoms with Crippen LogP contribution in [0, 0.1) is 5.92 Å². The van der Waals surface area contributed by atoms with Gasteiger partial charge in [0.2, 0.25) is 5.91 Å². The topological polar surface area (TPSA) is 170 Å². The molecule has 0 unspecified atom stereocenters. The molecule has 2 amide bonds. The number of rotatable bonds is 21. The Kier molecular flexibility index (Phi) is 14.4. The van der Waals surface area contributed by atoms with Crippen molar-refractivity contribution in [3.63, 3.8) is 0 Å². The second kappa shape index (κ2) is 19.8. The van der Waals surface area contributed by atoms with Crippen LogP contribution >= 0.6 is 0 Å². The van der Waals surface area contributed by atoms with Gasteiger partial charge in [-0.1, -0.05) is 43.5 Å². The number of imide groups is 1. The van der Waals surface area contributed by atoms with E-state index in [1.807, 2.05) is 6.07 Å². The lowest BCUT2D eigenvalue weighted by Crippen LogP contribution is -2.32. The first kappa shape index (κ1) is 40.8. The second-order valence-electron chi connectivity index (χ2n) is 12.4. The molecular formula is C42H41NO13. The van der Waals surface area contributed by atoms with E-state index >= 15 is 0 Å². The summed E-state index contributed by atoms with van der Waals surface area (Å²) in [5, 5.41) is 3.04. The molecule has 1 fully saturated rings. The van der Waals surface area contributed by atoms with Gasteiger partial charge in [0.15, 0.2) is 11.9 Å². The zero-order valence-corrected chi connectivity index (χ0v) is 30.8. The highest BCUT2D eigenvalue weighted by Gasteiger charge is 2.49. The van der Waals surface area contributed by atoms with Gasteiger partial charge < -0.3 is 33.2 Å². The van der Waals surface area contributed by atoms with Gasteiger partial charge in [-0.3, -0.25) is 19.3 Å². The molecule has 0 aliphatic carbocycles. The molecule has 0 aromatic heterocycles. The molecule has 1 aliphatic rings. The predicted octanol–water partition coefficient (Wildman–Crippen LogP) is 4.66. The van der Waals surface area contributed by atoms with Crippen LogP contribution in [0.4, 0.5) is 0 Å². The number of esters is 3. The molecule has 0 N–H and O–H groups in total. The summed E-state index contributed by atoms with van der Waals surface area (Å²) in [7, 11) is 1.29. The minimum absolute atomic E-state index is 0.108. The van der Waals surface area contributed by atoms with Gasteiger partial charge in [0, 0.05) is 31.2 Å². The number of Topliss-reactive ketones (excluding diaryl/α,β-unsaturated/α-hetero) is 1. The van der Waals surface area contributed by atoms with Crippen molar-refractivity contribution in [3.8, 4) is 11.5 Å². The molecule has 0 radical (unpaired) electrons. The Bertz CT molecular complexity index is 1980. The summed E-state index contributed by atoms with van der Waals surface area (Å²) in [6.07, 6.45) is 0.335. The molecule has 14 nitrogen and oxygen atoms in total. The molecule has 0 bridgehead atoms. The molecule has 56 heavy (non-hydrogen) atoms. The molecule has 2 atom stereocenters. The molecule has 14 heteroatoms. The molecule has 5 rings (SSSR count). The minimum atomic E-state index is -1.47. The maximum Gasteiger partial charge on any atom is 0.338 e. The molecule has 4 aromatic rings. The van der Waals surface area contributed by atoms with E-state index in [9.17, 15) is 28.8 Å². The summed E-state index contributed by atoms with van der Waals surface area (Å²) in [4.78, 5) is 76.0. The lowest BCUT2D eigenvalue weighted by molar-refractivity contribution is -0.140. The van der Waals surface area contributed by atoms with Crippen molar-refractivity contribution in [1.29, 1.82) is 0 Å². The Morgan fingerprint density at radius 2 is 1.07 bits per heavy atom. The van der Waals surface area contributed by atoms with Crippen molar-refractivity contribution in [2.24, 2.45) is 5.92 Å². The number of likely N-dealkylation sites (N-methyl/N-ethyl adjacent to an activating group) is 1. The summed E-state index contributed by atoms with van der Waals surface area (Å²) in [6, 6.07) is 20.6. The average molecular weight is 768 g/mol. The third-order valence-electron chi connectivity index (χ3n) is 8.68. The van der Waals surface area contributed by atoms with E-state index in [4.69, 9.17) is 33.2 Å². The van der Waals surface area contributed by atoms with Gasteiger partial charge >= 0.3 is 17.9 Å². The Hall–Kier alpha value is -6.38. The molecule has 1 aliphatic heterocycles. The number of amides is 2. The number of carbonyl (C=O) groups is 6. The number of carbonyl (C=O) groups excluding carboxylic acids is 6. The van der Waals surface area contributed by atoms with Crippen LogP contribution in [-0.4, -0.2) is 106 Å². The van der Waals surface area contributed by atoms with Gasteiger partial charge in [-0.05, 0) is 64.0 Å². The first-order valence-electron chi connectivity index (χ1n) is 17.7. The molecule has 0 saturated carbocycles. The van der Waals surface area contributed by atoms with Crippen LogP contribution in [0.5, 0.6) is 11.5 Å². The van der Waals surface area contributed by atoms with Gasteiger partial charge in [-0.2, -0.15) is 0 Å². The molecule has 4 aromatic carbocycles. The van der Waals surface area contributed by atoms with Crippen LogP contribution in [0.2, 0.25) is 0 Å². The van der Waals surface area contributed by atoms with Crippen LogP contribution in [0.25, 0.3) is 21.5 Å². The number of ether oxygens (including phenoxy) is 7. The molecule has 1 heterocycles. The highest BCUT2D eigenvalue weighted by Crippen LogP contribution is 2.30. The number of hydrogen-bond acceptors (Lipinski definition) is 13. The van der Waals surface area contributed by atoms with E-state index in [0.717, 1.165) is 33.2 Å². The highest BCUT2D eigenvalue weighted by atomic mass is 16.6. The first-order chi connectivity index (χ1) is 27.1. The fourth-order valence-electron chi connectivity index (χ4n) is 5.77. The van der Waals surface area contributed by atoms with Crippen molar-refractivity contribution in [1.82, 2.24) is 4.90 Å². The number of nitrogens with zero attached hydrogens (tertiary/aromatic N) is 1. The smallest absolute Gasteiger partial charge is 0.338 e. The summed E-state index contributed by atoms with van der Waals surface area (Å²) in [5.41, 5.74) is 0.488. The maximum atomic E-state index is 13.5. The largest absolute Gasteiger partial charge is 0.491 e. The fraction of sp³-hybridized carbons (Fsp3) is 0.286. The van der Waals surface area contributed by atoms with E-state index in [1.54, 1.807) is 66.7 Å². The van der Waals surface area contributed by atoms with Crippen LogP contribution < -0.4 is 9.47 Å². The lowest BCUT2D eigenvalue weighted by atomic mass is 9.93. The van der Waals surface area contributed by atoms with E-state index in [1.165, 1.54) is 7.05 Å². The van der Waals surface area contributed by atoms with Crippen LogP contribution in [0.15, 0.2) is 98.1 Å². The number of fused-ring (bicyclic) bond motifs is 2. The Balaban J connectivity index is 1.14. The van der Waals surface area contributed by atoms with E-state index in [-0.39, 0.29) is 64.8 Å². The van der Waals surface area contributed by atoms with Gasteiger partial charge in [0.05, 0.1) is 37.9 Å². The average Bonchev–Trinajstić information content (AvgIpc) is 3.40. The fourth-order valence-corrected chi connectivity index (χ4v) is 5.77. The van der Waals surface area contributed by atoms with Gasteiger partial charge in [0.25, 0.3) is 5.91 Å². The van der Waals surface area contributed by atoms with Crippen LogP contribution in [0.1, 0.15) is 27.1 Å². The third-order valence-corrected chi connectivity index (χ3v) is 8.68. The second-order valence-corrected chi connectivity index (χ2v) is 12.4. The molecule has 0 spiro atoms. The maximum absolute atomic E-state index is 13.5. The molecular weight excluding hydrogens is 726 g/mol. The Labute approximate surface area is 322 Å². The summed E-state index contributed by atoms with van der Waals surface area (Å²) >= 11 is 0. The SMILES string of the molecule is C=CC(=O)OCCOCCOc1ccc2cc(C(=O)C[C@H]3C(=O)N(C)C(=O)[C@@H]3OC(=O)c3ccc4cc(OCCOCCOC(=O)C=C)ccc4c3)ccc2c1. The Morgan fingerprint density at radius 3 is 1.61 bits per heavy atom. The molecule has 292 valence electrons.